The Morgan fingerprint density at radius 1 is 1.36 bits per heavy atom. The molecular formula is C13H26O. The maximum absolute atomic E-state index is 9.73. The molecule has 2 unspecified atom stereocenters. The van der Waals surface area contributed by atoms with Gasteiger partial charge in [0, 0.05) is 0 Å². The van der Waals surface area contributed by atoms with E-state index in [2.05, 4.69) is 34.3 Å². The summed E-state index contributed by atoms with van der Waals surface area (Å²) >= 11 is 0. The van der Waals surface area contributed by atoms with E-state index in [1.54, 1.807) is 0 Å². The number of aliphatic hydroxyl groups is 1. The molecule has 0 aliphatic heterocycles. The van der Waals surface area contributed by atoms with Crippen molar-refractivity contribution < 1.29 is 5.11 Å². The van der Waals surface area contributed by atoms with Crippen LogP contribution in [0.15, 0.2) is 12.2 Å². The van der Waals surface area contributed by atoms with Crippen LogP contribution in [0, 0.1) is 11.3 Å². The maximum Gasteiger partial charge on any atom is 0.0579 e. The van der Waals surface area contributed by atoms with Crippen molar-refractivity contribution in [2.75, 3.05) is 0 Å². The molecule has 1 heteroatoms. The van der Waals surface area contributed by atoms with Crippen LogP contribution in [0.4, 0.5) is 0 Å². The Morgan fingerprint density at radius 2 is 1.86 bits per heavy atom. The van der Waals surface area contributed by atoms with Gasteiger partial charge in [-0.05, 0) is 37.5 Å². The highest BCUT2D eigenvalue weighted by Gasteiger charge is 2.17. The number of rotatable bonds is 5. The third kappa shape index (κ3) is 8.31. The van der Waals surface area contributed by atoms with Crippen LogP contribution in [-0.2, 0) is 0 Å². The molecule has 1 N–H and O–H groups in total. The number of aliphatic hydroxyl groups excluding tert-OH is 1. The Bertz CT molecular complexity index is 176. The molecule has 0 bridgehead atoms. The van der Waals surface area contributed by atoms with Crippen LogP contribution in [0.1, 0.15) is 53.9 Å². The van der Waals surface area contributed by atoms with Gasteiger partial charge >= 0.3 is 0 Å². The topological polar surface area (TPSA) is 20.2 Å². The van der Waals surface area contributed by atoms with E-state index >= 15 is 0 Å². The van der Waals surface area contributed by atoms with Crippen molar-refractivity contribution in [2.45, 2.75) is 60.0 Å². The van der Waals surface area contributed by atoms with E-state index in [1.807, 2.05) is 6.92 Å². The minimum Gasteiger partial charge on any atom is -0.393 e. The fourth-order valence-electron chi connectivity index (χ4n) is 2.08. The van der Waals surface area contributed by atoms with Gasteiger partial charge in [-0.15, -0.1) is 6.58 Å². The molecule has 0 radical (unpaired) electrons. The highest BCUT2D eigenvalue weighted by atomic mass is 16.3. The number of hydrogen-bond donors (Lipinski definition) is 1. The molecule has 2 atom stereocenters. The zero-order valence-electron chi connectivity index (χ0n) is 10.4. The van der Waals surface area contributed by atoms with Crippen molar-refractivity contribution in [3.8, 4) is 0 Å². The Kier molecular flexibility index (Phi) is 5.43. The van der Waals surface area contributed by atoms with Gasteiger partial charge in [-0.2, -0.15) is 0 Å². The van der Waals surface area contributed by atoms with Gasteiger partial charge in [-0.3, -0.25) is 0 Å². The molecule has 0 fully saturated rings. The summed E-state index contributed by atoms with van der Waals surface area (Å²) in [6, 6.07) is 0. The van der Waals surface area contributed by atoms with Crippen LogP contribution >= 0.6 is 0 Å². The molecule has 0 spiro atoms. The third-order valence-electron chi connectivity index (χ3n) is 2.22. The van der Waals surface area contributed by atoms with Crippen LogP contribution in [0.5, 0.6) is 0 Å². The largest absolute Gasteiger partial charge is 0.393 e. The van der Waals surface area contributed by atoms with E-state index in [0.717, 1.165) is 18.4 Å². The van der Waals surface area contributed by atoms with E-state index in [1.165, 1.54) is 6.42 Å². The SMILES string of the molecule is C=C(C)CC(O)CC(C)CC(C)(C)C. The molecule has 0 saturated heterocycles. The standard InChI is InChI=1S/C13H26O/c1-10(2)7-12(14)8-11(3)9-13(4,5)6/h11-12,14H,1,7-9H2,2-6H3. The minimum atomic E-state index is -0.204. The van der Waals surface area contributed by atoms with Crippen molar-refractivity contribution in [1.82, 2.24) is 0 Å². The second-order valence-corrected chi connectivity index (χ2v) is 5.92. The van der Waals surface area contributed by atoms with E-state index in [4.69, 9.17) is 0 Å². The van der Waals surface area contributed by atoms with Crippen LogP contribution in [0.25, 0.3) is 0 Å². The molecule has 0 aromatic carbocycles. The van der Waals surface area contributed by atoms with Crippen molar-refractivity contribution in [2.24, 2.45) is 11.3 Å². The lowest BCUT2D eigenvalue weighted by Crippen LogP contribution is -2.17. The van der Waals surface area contributed by atoms with E-state index in [-0.39, 0.29) is 6.10 Å². The predicted molar refractivity (Wildman–Crippen MR) is 63.3 cm³/mol. The van der Waals surface area contributed by atoms with Gasteiger partial charge in [0.15, 0.2) is 0 Å². The summed E-state index contributed by atoms with van der Waals surface area (Å²) in [7, 11) is 0. The highest BCUT2D eigenvalue weighted by Crippen LogP contribution is 2.27. The maximum atomic E-state index is 9.73. The summed E-state index contributed by atoms with van der Waals surface area (Å²) in [5, 5.41) is 9.73. The van der Waals surface area contributed by atoms with Gasteiger partial charge in [-0.1, -0.05) is 33.3 Å². The van der Waals surface area contributed by atoms with Crippen LogP contribution < -0.4 is 0 Å². The first kappa shape index (κ1) is 13.7. The van der Waals surface area contributed by atoms with Crippen molar-refractivity contribution >= 4 is 0 Å². The summed E-state index contributed by atoms with van der Waals surface area (Å²) in [6.45, 7) is 14.7. The van der Waals surface area contributed by atoms with Gasteiger partial charge in [0.25, 0.3) is 0 Å². The third-order valence-corrected chi connectivity index (χ3v) is 2.22. The molecule has 0 aromatic heterocycles. The van der Waals surface area contributed by atoms with Gasteiger partial charge < -0.3 is 5.11 Å². The Hall–Kier alpha value is -0.300. The smallest absolute Gasteiger partial charge is 0.0579 e. The van der Waals surface area contributed by atoms with E-state index in [0.29, 0.717) is 11.3 Å². The van der Waals surface area contributed by atoms with E-state index in [9.17, 15) is 5.11 Å². The summed E-state index contributed by atoms with van der Waals surface area (Å²) in [4.78, 5) is 0. The second kappa shape index (κ2) is 5.55. The molecule has 14 heavy (non-hydrogen) atoms. The summed E-state index contributed by atoms with van der Waals surface area (Å²) in [6.07, 6.45) is 2.60. The minimum absolute atomic E-state index is 0.204. The Labute approximate surface area is 89.2 Å². The van der Waals surface area contributed by atoms with Gasteiger partial charge in [0.2, 0.25) is 0 Å². The summed E-state index contributed by atoms with van der Waals surface area (Å²) in [5.74, 6) is 0.587. The first-order valence-corrected chi connectivity index (χ1v) is 5.53. The first-order valence-electron chi connectivity index (χ1n) is 5.53. The lowest BCUT2D eigenvalue weighted by molar-refractivity contribution is 0.133. The molecule has 84 valence electrons. The second-order valence-electron chi connectivity index (χ2n) is 5.92. The lowest BCUT2D eigenvalue weighted by atomic mass is 9.83. The fraction of sp³-hybridized carbons (Fsp3) is 0.846. The zero-order valence-corrected chi connectivity index (χ0v) is 10.4. The number of hydrogen-bond acceptors (Lipinski definition) is 1. The van der Waals surface area contributed by atoms with E-state index < -0.39 is 0 Å². The summed E-state index contributed by atoms with van der Waals surface area (Å²) < 4.78 is 0. The Morgan fingerprint density at radius 3 is 2.21 bits per heavy atom. The van der Waals surface area contributed by atoms with Crippen LogP contribution in [0.2, 0.25) is 0 Å². The average molecular weight is 198 g/mol. The molecule has 0 rings (SSSR count). The molecule has 0 aliphatic rings. The van der Waals surface area contributed by atoms with Crippen molar-refractivity contribution in [3.05, 3.63) is 12.2 Å². The Balaban J connectivity index is 3.82. The molecule has 0 heterocycles. The molecule has 0 aliphatic carbocycles. The normalized spacial score (nSPS) is 16.4. The average Bonchev–Trinajstić information content (AvgIpc) is 1.77. The first-order chi connectivity index (χ1) is 6.20. The highest BCUT2D eigenvalue weighted by molar-refractivity contribution is 4.90. The predicted octanol–water partition coefficient (Wildman–Crippen LogP) is 3.78. The quantitative estimate of drug-likeness (QED) is 0.667. The van der Waals surface area contributed by atoms with Crippen molar-refractivity contribution in [3.63, 3.8) is 0 Å². The van der Waals surface area contributed by atoms with Gasteiger partial charge in [0.1, 0.15) is 0 Å². The summed E-state index contributed by atoms with van der Waals surface area (Å²) in [5.41, 5.74) is 1.43. The molecular weight excluding hydrogens is 172 g/mol. The van der Waals surface area contributed by atoms with Gasteiger partial charge in [-0.25, -0.2) is 0 Å². The molecule has 0 aromatic rings. The fourth-order valence-corrected chi connectivity index (χ4v) is 2.08. The molecule has 0 saturated carbocycles. The zero-order chi connectivity index (χ0) is 11.4. The van der Waals surface area contributed by atoms with Crippen molar-refractivity contribution in [1.29, 1.82) is 0 Å². The van der Waals surface area contributed by atoms with Gasteiger partial charge in [0.05, 0.1) is 6.10 Å². The molecule has 1 nitrogen and oxygen atoms in total. The lowest BCUT2D eigenvalue weighted by Gasteiger charge is -2.24. The van der Waals surface area contributed by atoms with Crippen LogP contribution in [-0.4, -0.2) is 11.2 Å². The molecule has 0 amide bonds. The van der Waals surface area contributed by atoms with Crippen LogP contribution in [0.3, 0.4) is 0 Å². The monoisotopic (exact) mass is 198 g/mol.